The highest BCUT2D eigenvalue weighted by Gasteiger charge is 2.49. The van der Waals surface area contributed by atoms with Crippen molar-refractivity contribution in [2.24, 2.45) is 10.7 Å². The number of nitrogens with one attached hydrogen (secondary N) is 1. The van der Waals surface area contributed by atoms with Gasteiger partial charge in [0.05, 0.1) is 6.54 Å². The van der Waals surface area contributed by atoms with Crippen molar-refractivity contribution in [3.8, 4) is 0 Å². The monoisotopic (exact) mass is 397 g/mol. The second-order valence-electron chi connectivity index (χ2n) is 7.25. The summed E-state index contributed by atoms with van der Waals surface area (Å²) >= 11 is 0. The van der Waals surface area contributed by atoms with Crippen LogP contribution in [0.4, 0.5) is 23.7 Å². The summed E-state index contributed by atoms with van der Waals surface area (Å²) in [6, 6.07) is 4.77. The maximum Gasteiger partial charge on any atom is 0.401 e. The molecule has 2 fully saturated rings. The fourth-order valence-corrected chi connectivity index (χ4v) is 3.85. The predicted molar refractivity (Wildman–Crippen MR) is 105 cm³/mol. The fourth-order valence-electron chi connectivity index (χ4n) is 3.85. The fraction of sp³-hybridized carbons (Fsp3) is 0.474. The molecule has 3 rings (SSSR count). The van der Waals surface area contributed by atoms with Crippen LogP contribution < -0.4 is 11.1 Å². The number of anilines is 1. The number of benzene rings is 1. The quantitative estimate of drug-likeness (QED) is 0.767. The number of nitrogens with two attached hydrogens (primary N) is 1. The molecule has 3 N–H and O–H groups in total. The van der Waals surface area contributed by atoms with Crippen molar-refractivity contribution < 1.29 is 19.4 Å². The second kappa shape index (κ2) is 7.83. The van der Waals surface area contributed by atoms with Crippen LogP contribution in [-0.2, 0) is 0 Å². The van der Waals surface area contributed by atoms with Gasteiger partial charge in [0.25, 0.3) is 0 Å². The molecule has 0 radical (unpaired) electrons. The Kier molecular flexibility index (Phi) is 5.64. The van der Waals surface area contributed by atoms with Crippen LogP contribution in [0.3, 0.4) is 0 Å². The van der Waals surface area contributed by atoms with Gasteiger partial charge >= 0.3 is 12.2 Å². The molecule has 2 amide bonds. The van der Waals surface area contributed by atoms with E-state index in [9.17, 15) is 18.0 Å². The molecule has 2 aliphatic rings. The zero-order chi connectivity index (χ0) is 20.5. The lowest BCUT2D eigenvalue weighted by molar-refractivity contribution is -0.161. The molecule has 2 aliphatic heterocycles. The van der Waals surface area contributed by atoms with Crippen molar-refractivity contribution in [3.05, 3.63) is 35.4 Å². The Morgan fingerprint density at radius 1 is 1.39 bits per heavy atom. The molecule has 0 spiro atoms. The molecule has 154 valence electrons. The zero-order valence-corrected chi connectivity index (χ0v) is 15.8. The van der Waals surface area contributed by atoms with Gasteiger partial charge in [0.1, 0.15) is 0 Å². The molecule has 0 aromatic heterocycles. The molecule has 9 heteroatoms. The number of halogens is 3. The van der Waals surface area contributed by atoms with Gasteiger partial charge in [-0.3, -0.25) is 9.89 Å². The summed E-state index contributed by atoms with van der Waals surface area (Å²) < 4.78 is 37.7. The summed E-state index contributed by atoms with van der Waals surface area (Å²) in [5.41, 5.74) is 8.94. The van der Waals surface area contributed by atoms with Crippen molar-refractivity contribution in [2.75, 3.05) is 32.0 Å². The van der Waals surface area contributed by atoms with Gasteiger partial charge in [0.15, 0.2) is 0 Å². The molecule has 2 bridgehead atoms. The van der Waals surface area contributed by atoms with E-state index in [0.717, 1.165) is 17.5 Å². The van der Waals surface area contributed by atoms with E-state index in [4.69, 9.17) is 5.73 Å². The van der Waals surface area contributed by atoms with Gasteiger partial charge in [0.2, 0.25) is 0 Å². The number of alkyl halides is 3. The van der Waals surface area contributed by atoms with E-state index in [2.05, 4.69) is 10.3 Å². The Balaban J connectivity index is 0.00000300. The van der Waals surface area contributed by atoms with Gasteiger partial charge in [-0.2, -0.15) is 13.2 Å². The van der Waals surface area contributed by atoms with Crippen LogP contribution in [0.25, 0.3) is 5.70 Å². The van der Waals surface area contributed by atoms with Gasteiger partial charge in [-0.25, -0.2) is 4.79 Å². The number of piperazine rings is 1. The number of aliphatic imine (C=N–C) groups is 1. The molecular weight excluding hydrogens is 371 g/mol. The first kappa shape index (κ1) is 20.2. The van der Waals surface area contributed by atoms with Crippen LogP contribution in [-0.4, -0.2) is 67.0 Å². The third-order valence-corrected chi connectivity index (χ3v) is 5.11. The molecule has 1 aromatic carbocycles. The normalized spacial score (nSPS) is 23.0. The second-order valence-corrected chi connectivity index (χ2v) is 7.25. The number of urea groups is 1. The first-order valence-corrected chi connectivity index (χ1v) is 9.05. The zero-order valence-electron chi connectivity index (χ0n) is 15.8. The number of aryl methyl sites for hydroxylation is 1. The Morgan fingerprint density at radius 2 is 2.07 bits per heavy atom. The highest BCUT2D eigenvalue weighted by Crippen LogP contribution is 2.34. The third-order valence-electron chi connectivity index (χ3n) is 5.11. The lowest BCUT2D eigenvalue weighted by Gasteiger charge is -2.56. The number of carbonyl (C=O) groups excluding carboxylic acids is 1. The predicted octanol–water partition coefficient (Wildman–Crippen LogP) is 3.09. The standard InChI is InChI=1S/C19H24F3N5O.H2/c1-12-3-4-13(7-16(12)17(23)5-6-24-2)25-18(28)27-14-8-15(27)10-26(9-14)11-19(20,21)22;/h3-7,14-15H,8-11,23H2,1-2H3,(H,25,28);1H/b17-5-,24-6?;. The Labute approximate surface area is 163 Å². The molecule has 0 aliphatic carbocycles. The molecule has 6 nitrogen and oxygen atoms in total. The molecule has 28 heavy (non-hydrogen) atoms. The van der Waals surface area contributed by atoms with Gasteiger partial charge in [-0.15, -0.1) is 0 Å². The summed E-state index contributed by atoms with van der Waals surface area (Å²) in [4.78, 5) is 19.5. The number of piperidine rings is 1. The highest BCUT2D eigenvalue weighted by atomic mass is 19.4. The minimum absolute atomic E-state index is 0. The average Bonchev–Trinajstić information content (AvgIpc) is 2.59. The maximum atomic E-state index is 12.6. The Hall–Kier alpha value is -2.55. The van der Waals surface area contributed by atoms with Gasteiger partial charge in [-0.05, 0) is 37.1 Å². The number of hydrogen-bond acceptors (Lipinski definition) is 4. The summed E-state index contributed by atoms with van der Waals surface area (Å²) in [6.07, 6.45) is -0.199. The number of likely N-dealkylation sites (tertiary alicyclic amines) is 2. The van der Waals surface area contributed by atoms with Crippen molar-refractivity contribution in [2.45, 2.75) is 31.6 Å². The van der Waals surface area contributed by atoms with E-state index in [1.165, 1.54) is 4.90 Å². The molecule has 2 unspecified atom stereocenters. The van der Waals surface area contributed by atoms with E-state index in [1.54, 1.807) is 36.4 Å². The van der Waals surface area contributed by atoms with Gasteiger partial charge < -0.3 is 16.0 Å². The van der Waals surface area contributed by atoms with E-state index >= 15 is 0 Å². The molecule has 1 aromatic rings. The van der Waals surface area contributed by atoms with E-state index in [1.807, 2.05) is 13.0 Å². The highest BCUT2D eigenvalue weighted by molar-refractivity contribution is 5.92. The number of carbonyl (C=O) groups is 1. The van der Waals surface area contributed by atoms with Crippen LogP contribution in [0.2, 0.25) is 0 Å². The Bertz CT molecular complexity index is 800. The molecule has 2 saturated heterocycles. The van der Waals surface area contributed by atoms with Crippen molar-refractivity contribution in [1.82, 2.24) is 9.80 Å². The van der Waals surface area contributed by atoms with Gasteiger partial charge in [0, 0.05) is 56.8 Å². The van der Waals surface area contributed by atoms with Crippen LogP contribution in [0.5, 0.6) is 0 Å². The van der Waals surface area contributed by atoms with Crippen LogP contribution in [0.1, 0.15) is 19.0 Å². The minimum Gasteiger partial charge on any atom is -0.398 e. The number of hydrogen-bond donors (Lipinski definition) is 2. The van der Waals surface area contributed by atoms with E-state index < -0.39 is 12.7 Å². The van der Waals surface area contributed by atoms with E-state index in [0.29, 0.717) is 11.4 Å². The van der Waals surface area contributed by atoms with Crippen molar-refractivity contribution >= 4 is 23.6 Å². The smallest absolute Gasteiger partial charge is 0.398 e. The molecule has 2 atom stereocenters. The average molecular weight is 397 g/mol. The summed E-state index contributed by atoms with van der Waals surface area (Å²) in [7, 11) is 1.65. The lowest BCUT2D eigenvalue weighted by atomic mass is 9.88. The molecule has 0 saturated carbocycles. The number of rotatable bonds is 4. The summed E-state index contributed by atoms with van der Waals surface area (Å²) in [6.45, 7) is 1.48. The number of amides is 2. The summed E-state index contributed by atoms with van der Waals surface area (Å²) in [5.74, 6) is 0. The first-order chi connectivity index (χ1) is 13.2. The SMILES string of the molecule is CN=C/C=C(\N)c1cc(NC(=O)N2C3CC2CN(CC(F)(F)F)C3)ccc1C.[HH]. The number of nitrogens with zero attached hydrogens (tertiary/aromatic N) is 3. The third kappa shape index (κ3) is 4.46. The van der Waals surface area contributed by atoms with Crippen molar-refractivity contribution in [1.29, 1.82) is 0 Å². The van der Waals surface area contributed by atoms with Gasteiger partial charge in [-0.1, -0.05) is 6.07 Å². The largest absolute Gasteiger partial charge is 0.401 e. The molecular formula is C19H26F3N5O. The lowest BCUT2D eigenvalue weighted by Crippen LogP contribution is -2.71. The van der Waals surface area contributed by atoms with Crippen LogP contribution in [0, 0.1) is 6.92 Å². The van der Waals surface area contributed by atoms with Crippen LogP contribution >= 0.6 is 0 Å². The minimum atomic E-state index is -4.22. The maximum absolute atomic E-state index is 12.6. The van der Waals surface area contributed by atoms with E-state index in [-0.39, 0.29) is 32.6 Å². The van der Waals surface area contributed by atoms with Crippen LogP contribution in [0.15, 0.2) is 29.3 Å². The number of fused-ring (bicyclic) bond motifs is 2. The Morgan fingerprint density at radius 3 is 2.68 bits per heavy atom. The topological polar surface area (TPSA) is 74.0 Å². The van der Waals surface area contributed by atoms with Crippen molar-refractivity contribution in [3.63, 3.8) is 0 Å². The first-order valence-electron chi connectivity index (χ1n) is 9.05. The summed E-state index contributed by atoms with van der Waals surface area (Å²) in [5, 5.41) is 2.84. The molecule has 2 heterocycles. The number of allylic oxidation sites excluding steroid dienone is 1.